The van der Waals surface area contributed by atoms with Crippen LogP contribution in [0, 0.1) is 5.41 Å². The normalized spacial score (nSPS) is 18.2. The van der Waals surface area contributed by atoms with Gasteiger partial charge in [0.1, 0.15) is 0 Å². The molecular weight excluding hydrogens is 164 g/mol. The number of nitrogens with one attached hydrogen (secondary N) is 1. The van der Waals surface area contributed by atoms with Crippen LogP contribution < -0.4 is 11.5 Å². The fourth-order valence-electron chi connectivity index (χ4n) is 1.61. The minimum Gasteiger partial charge on any atom is -0.386 e. The first kappa shape index (κ1) is 10.1. The topological polar surface area (TPSA) is 79.1 Å². The Hall–Kier alpha value is -1.03. The van der Waals surface area contributed by atoms with Crippen LogP contribution in [-0.2, 0) is 0 Å². The van der Waals surface area contributed by atoms with Gasteiger partial charge in [0.05, 0.1) is 5.82 Å². The highest BCUT2D eigenvalue weighted by Crippen LogP contribution is 2.07. The summed E-state index contributed by atoms with van der Waals surface area (Å²) < 4.78 is 0. The summed E-state index contributed by atoms with van der Waals surface area (Å²) in [6, 6.07) is 0. The largest absolute Gasteiger partial charge is 0.386 e. The lowest BCUT2D eigenvalue weighted by atomic mass is 10.1. The van der Waals surface area contributed by atoms with Gasteiger partial charge >= 0.3 is 0 Å². The predicted octanol–water partition coefficient (Wildman–Crippen LogP) is 0.251. The molecule has 1 aliphatic heterocycles. The van der Waals surface area contributed by atoms with E-state index in [1.54, 1.807) is 0 Å². The summed E-state index contributed by atoms with van der Waals surface area (Å²) in [6.45, 7) is 2.87. The SMILES string of the molecule is N=C(C=C(N)N)CN1CCCCC1. The van der Waals surface area contributed by atoms with Gasteiger partial charge < -0.3 is 16.9 Å². The Morgan fingerprint density at radius 3 is 2.38 bits per heavy atom. The van der Waals surface area contributed by atoms with Gasteiger partial charge in [0, 0.05) is 12.3 Å². The lowest BCUT2D eigenvalue weighted by Crippen LogP contribution is -2.34. The summed E-state index contributed by atoms with van der Waals surface area (Å²) in [7, 11) is 0. The van der Waals surface area contributed by atoms with Crippen molar-refractivity contribution >= 4 is 5.71 Å². The summed E-state index contributed by atoms with van der Waals surface area (Å²) in [4.78, 5) is 2.27. The van der Waals surface area contributed by atoms with Gasteiger partial charge in [-0.25, -0.2) is 0 Å². The molecule has 74 valence electrons. The molecular formula is C9H18N4. The molecule has 1 aliphatic rings. The van der Waals surface area contributed by atoms with Gasteiger partial charge in [-0.1, -0.05) is 6.42 Å². The first-order valence-electron chi connectivity index (χ1n) is 4.71. The maximum absolute atomic E-state index is 7.58. The fourth-order valence-corrected chi connectivity index (χ4v) is 1.61. The molecule has 0 aromatic rings. The summed E-state index contributed by atoms with van der Waals surface area (Å²) in [6.07, 6.45) is 5.33. The fraction of sp³-hybridized carbons (Fsp3) is 0.667. The van der Waals surface area contributed by atoms with Crippen LogP contribution in [0.3, 0.4) is 0 Å². The molecule has 13 heavy (non-hydrogen) atoms. The summed E-state index contributed by atoms with van der Waals surface area (Å²) in [5.41, 5.74) is 11.1. The monoisotopic (exact) mass is 182 g/mol. The van der Waals surface area contributed by atoms with Crippen molar-refractivity contribution in [2.75, 3.05) is 19.6 Å². The number of rotatable bonds is 3. The van der Waals surface area contributed by atoms with E-state index in [9.17, 15) is 0 Å². The van der Waals surface area contributed by atoms with E-state index in [1.165, 1.54) is 25.3 Å². The molecule has 0 bridgehead atoms. The zero-order valence-electron chi connectivity index (χ0n) is 7.92. The van der Waals surface area contributed by atoms with Gasteiger partial charge in [0.2, 0.25) is 0 Å². The molecule has 0 amide bonds. The Balaban J connectivity index is 2.30. The van der Waals surface area contributed by atoms with Crippen molar-refractivity contribution in [2.24, 2.45) is 11.5 Å². The van der Waals surface area contributed by atoms with Gasteiger partial charge in [-0.3, -0.25) is 4.90 Å². The molecule has 4 heteroatoms. The number of piperidine rings is 1. The third kappa shape index (κ3) is 3.94. The van der Waals surface area contributed by atoms with Crippen molar-refractivity contribution in [2.45, 2.75) is 19.3 Å². The van der Waals surface area contributed by atoms with E-state index in [-0.39, 0.29) is 5.82 Å². The molecule has 1 heterocycles. The molecule has 0 aromatic heterocycles. The van der Waals surface area contributed by atoms with Crippen LogP contribution in [0.25, 0.3) is 0 Å². The molecule has 0 atom stereocenters. The van der Waals surface area contributed by atoms with E-state index >= 15 is 0 Å². The molecule has 1 rings (SSSR count). The van der Waals surface area contributed by atoms with E-state index in [0.717, 1.165) is 13.1 Å². The van der Waals surface area contributed by atoms with Crippen molar-refractivity contribution < 1.29 is 0 Å². The van der Waals surface area contributed by atoms with Gasteiger partial charge in [-0.05, 0) is 32.0 Å². The van der Waals surface area contributed by atoms with Crippen molar-refractivity contribution in [1.29, 1.82) is 5.41 Å². The maximum Gasteiger partial charge on any atom is 0.0952 e. The first-order valence-corrected chi connectivity index (χ1v) is 4.71. The highest BCUT2D eigenvalue weighted by Gasteiger charge is 2.10. The van der Waals surface area contributed by atoms with Crippen LogP contribution in [-0.4, -0.2) is 30.2 Å². The van der Waals surface area contributed by atoms with Crippen LogP contribution in [0.15, 0.2) is 11.9 Å². The molecule has 0 spiro atoms. The van der Waals surface area contributed by atoms with Crippen molar-refractivity contribution in [3.05, 3.63) is 11.9 Å². The Bertz CT molecular complexity index is 200. The summed E-state index contributed by atoms with van der Waals surface area (Å²) >= 11 is 0. The number of hydrogen-bond donors (Lipinski definition) is 3. The molecule has 5 N–H and O–H groups in total. The van der Waals surface area contributed by atoms with E-state index in [4.69, 9.17) is 16.9 Å². The van der Waals surface area contributed by atoms with Crippen LogP contribution >= 0.6 is 0 Å². The molecule has 0 radical (unpaired) electrons. The van der Waals surface area contributed by atoms with E-state index < -0.39 is 0 Å². The van der Waals surface area contributed by atoms with Crippen LogP contribution in [0.4, 0.5) is 0 Å². The zero-order valence-corrected chi connectivity index (χ0v) is 7.92. The van der Waals surface area contributed by atoms with Crippen LogP contribution in [0.1, 0.15) is 19.3 Å². The molecule has 0 aromatic carbocycles. The van der Waals surface area contributed by atoms with Crippen molar-refractivity contribution in [3.63, 3.8) is 0 Å². The molecule has 0 saturated carbocycles. The number of likely N-dealkylation sites (tertiary alicyclic amines) is 1. The molecule has 4 nitrogen and oxygen atoms in total. The first-order chi connectivity index (χ1) is 6.18. The number of nitrogens with two attached hydrogens (primary N) is 2. The summed E-state index contributed by atoms with van der Waals surface area (Å²) in [5, 5.41) is 7.58. The maximum atomic E-state index is 7.58. The Kier molecular flexibility index (Phi) is 3.76. The predicted molar refractivity (Wildman–Crippen MR) is 54.5 cm³/mol. The van der Waals surface area contributed by atoms with Crippen LogP contribution in [0.5, 0.6) is 0 Å². The van der Waals surface area contributed by atoms with E-state index in [1.807, 2.05) is 0 Å². The number of nitrogens with zero attached hydrogens (tertiary/aromatic N) is 1. The second kappa shape index (κ2) is 4.87. The van der Waals surface area contributed by atoms with Crippen molar-refractivity contribution in [3.8, 4) is 0 Å². The van der Waals surface area contributed by atoms with Crippen molar-refractivity contribution in [1.82, 2.24) is 4.90 Å². The average Bonchev–Trinajstić information content (AvgIpc) is 2.04. The minimum absolute atomic E-state index is 0.224. The van der Waals surface area contributed by atoms with Gasteiger partial charge in [-0.2, -0.15) is 0 Å². The molecule has 0 unspecified atom stereocenters. The minimum atomic E-state index is 0.224. The van der Waals surface area contributed by atoms with Gasteiger partial charge in [-0.15, -0.1) is 0 Å². The zero-order chi connectivity index (χ0) is 9.68. The lowest BCUT2D eigenvalue weighted by molar-refractivity contribution is 0.258. The lowest BCUT2D eigenvalue weighted by Gasteiger charge is -2.25. The third-order valence-corrected chi connectivity index (χ3v) is 2.18. The third-order valence-electron chi connectivity index (χ3n) is 2.18. The van der Waals surface area contributed by atoms with Gasteiger partial charge in [0.25, 0.3) is 0 Å². The second-order valence-electron chi connectivity index (χ2n) is 3.51. The quantitative estimate of drug-likeness (QED) is 0.547. The smallest absolute Gasteiger partial charge is 0.0952 e. The summed E-state index contributed by atoms with van der Waals surface area (Å²) in [5.74, 6) is 0.224. The Labute approximate surface area is 79.1 Å². The molecule has 1 fully saturated rings. The van der Waals surface area contributed by atoms with E-state index in [0.29, 0.717) is 12.3 Å². The van der Waals surface area contributed by atoms with Crippen LogP contribution in [0.2, 0.25) is 0 Å². The molecule has 0 aliphatic carbocycles. The number of hydrogen-bond acceptors (Lipinski definition) is 4. The second-order valence-corrected chi connectivity index (χ2v) is 3.51. The Morgan fingerprint density at radius 1 is 1.23 bits per heavy atom. The Morgan fingerprint density at radius 2 is 1.85 bits per heavy atom. The highest BCUT2D eigenvalue weighted by molar-refractivity contribution is 5.94. The van der Waals surface area contributed by atoms with E-state index in [2.05, 4.69) is 4.90 Å². The molecule has 1 saturated heterocycles. The standard InChI is InChI=1S/C9H18N4/c10-8(6-9(11)12)7-13-4-2-1-3-5-13/h6,10H,1-5,7,11-12H2. The highest BCUT2D eigenvalue weighted by atomic mass is 15.1. The average molecular weight is 182 g/mol. The van der Waals surface area contributed by atoms with Gasteiger partial charge in [0.15, 0.2) is 0 Å².